The molecule has 2 fully saturated rings. The fourth-order valence-corrected chi connectivity index (χ4v) is 5.98. The summed E-state index contributed by atoms with van der Waals surface area (Å²) in [4.78, 5) is 29.3. The molecule has 0 unspecified atom stereocenters. The standard InChI is InChI=1S/C21H19Cl4N3O2S/c22-15-3-1-13(11-17(15)24)19(29)28-9-10-31-21(28)5-7-27(8-6-21)20(30)26-14-2-4-16(23)18(25)12-14/h1-4,11-12H,5-10H2,(H,26,30). The van der Waals surface area contributed by atoms with E-state index in [1.165, 1.54) is 0 Å². The van der Waals surface area contributed by atoms with E-state index in [2.05, 4.69) is 5.32 Å². The monoisotopic (exact) mass is 517 g/mol. The number of rotatable bonds is 2. The van der Waals surface area contributed by atoms with Gasteiger partial charge in [0, 0.05) is 36.6 Å². The summed E-state index contributed by atoms with van der Waals surface area (Å²) < 4.78 is 0. The van der Waals surface area contributed by atoms with E-state index >= 15 is 0 Å². The summed E-state index contributed by atoms with van der Waals surface area (Å²) >= 11 is 25.8. The van der Waals surface area contributed by atoms with E-state index in [1.54, 1.807) is 53.1 Å². The van der Waals surface area contributed by atoms with Gasteiger partial charge in [-0.1, -0.05) is 46.4 Å². The molecule has 0 aromatic heterocycles. The van der Waals surface area contributed by atoms with Gasteiger partial charge in [0.1, 0.15) is 0 Å². The molecule has 2 aromatic carbocycles. The Kier molecular flexibility index (Phi) is 6.85. The first-order valence-electron chi connectivity index (χ1n) is 9.71. The van der Waals surface area contributed by atoms with Crippen LogP contribution >= 0.6 is 58.2 Å². The molecule has 2 aromatic rings. The molecule has 5 nitrogen and oxygen atoms in total. The predicted octanol–water partition coefficient (Wildman–Crippen LogP) is 6.51. The summed E-state index contributed by atoms with van der Waals surface area (Å²) in [6, 6.07) is 9.74. The van der Waals surface area contributed by atoms with Gasteiger partial charge in [-0.3, -0.25) is 4.79 Å². The lowest BCUT2D eigenvalue weighted by atomic mass is 10.0. The van der Waals surface area contributed by atoms with E-state index in [1.807, 2.05) is 4.90 Å². The smallest absolute Gasteiger partial charge is 0.321 e. The summed E-state index contributed by atoms with van der Waals surface area (Å²) in [5, 5.41) is 4.46. The van der Waals surface area contributed by atoms with Crippen molar-refractivity contribution in [3.63, 3.8) is 0 Å². The zero-order chi connectivity index (χ0) is 22.2. The summed E-state index contributed by atoms with van der Waals surface area (Å²) in [5.74, 6) is 0.806. The molecular formula is C21H19Cl4N3O2S. The fourth-order valence-electron chi connectivity index (χ4n) is 3.93. The number of hydrogen-bond donors (Lipinski definition) is 1. The van der Waals surface area contributed by atoms with Crippen LogP contribution in [-0.4, -0.2) is 52.0 Å². The van der Waals surface area contributed by atoms with E-state index in [0.717, 1.165) is 5.75 Å². The van der Waals surface area contributed by atoms with E-state index < -0.39 is 0 Å². The third-order valence-corrected chi connectivity index (χ3v) is 8.62. The van der Waals surface area contributed by atoms with Crippen LogP contribution in [-0.2, 0) is 0 Å². The normalized spacial score (nSPS) is 17.8. The minimum Gasteiger partial charge on any atom is -0.324 e. The molecule has 0 atom stereocenters. The maximum atomic E-state index is 13.2. The number of likely N-dealkylation sites (tertiary alicyclic amines) is 1. The van der Waals surface area contributed by atoms with Crippen LogP contribution in [0.25, 0.3) is 0 Å². The van der Waals surface area contributed by atoms with Gasteiger partial charge < -0.3 is 15.1 Å². The third-order valence-electron chi connectivity index (χ3n) is 5.59. The molecule has 2 saturated heterocycles. The molecule has 2 aliphatic rings. The molecule has 10 heteroatoms. The number of carbonyl (C=O) groups excluding carboxylic acids is 2. The molecule has 4 rings (SSSR count). The zero-order valence-electron chi connectivity index (χ0n) is 16.3. The number of nitrogens with zero attached hydrogens (tertiary/aromatic N) is 2. The first-order chi connectivity index (χ1) is 14.8. The third kappa shape index (κ3) is 4.74. The highest BCUT2D eigenvalue weighted by molar-refractivity contribution is 8.00. The van der Waals surface area contributed by atoms with E-state index in [0.29, 0.717) is 63.8 Å². The number of thioether (sulfide) groups is 1. The van der Waals surface area contributed by atoms with Crippen molar-refractivity contribution in [2.24, 2.45) is 0 Å². The van der Waals surface area contributed by atoms with Gasteiger partial charge in [-0.25, -0.2) is 4.79 Å². The Morgan fingerprint density at radius 3 is 2.16 bits per heavy atom. The molecule has 1 N–H and O–H groups in total. The largest absolute Gasteiger partial charge is 0.324 e. The summed E-state index contributed by atoms with van der Waals surface area (Å²) in [5.41, 5.74) is 1.11. The first-order valence-corrected chi connectivity index (χ1v) is 12.2. The SMILES string of the molecule is O=C(Nc1ccc(Cl)c(Cl)c1)N1CCC2(CC1)SCCN2C(=O)c1ccc(Cl)c(Cl)c1. The minimum atomic E-state index is -0.316. The van der Waals surface area contributed by atoms with Crippen LogP contribution in [0.5, 0.6) is 0 Å². The van der Waals surface area contributed by atoms with Gasteiger partial charge in [-0.05, 0) is 49.2 Å². The van der Waals surface area contributed by atoms with E-state index in [4.69, 9.17) is 46.4 Å². The molecule has 0 saturated carbocycles. The number of hydrogen-bond acceptors (Lipinski definition) is 3. The topological polar surface area (TPSA) is 52.7 Å². The van der Waals surface area contributed by atoms with Crippen LogP contribution in [0.3, 0.4) is 0 Å². The van der Waals surface area contributed by atoms with Crippen LogP contribution in [0.2, 0.25) is 20.1 Å². The predicted molar refractivity (Wildman–Crippen MR) is 129 cm³/mol. The number of anilines is 1. The van der Waals surface area contributed by atoms with Crippen molar-refractivity contribution in [1.82, 2.24) is 9.80 Å². The molecule has 1 spiro atoms. The average molecular weight is 519 g/mol. The summed E-state index contributed by atoms with van der Waals surface area (Å²) in [6.07, 6.45) is 1.39. The summed E-state index contributed by atoms with van der Waals surface area (Å²) in [6.45, 7) is 1.76. The Hall–Kier alpha value is -1.31. The lowest BCUT2D eigenvalue weighted by Crippen LogP contribution is -2.54. The van der Waals surface area contributed by atoms with Crippen molar-refractivity contribution in [2.75, 3.05) is 30.7 Å². The van der Waals surface area contributed by atoms with Crippen molar-refractivity contribution < 1.29 is 9.59 Å². The van der Waals surface area contributed by atoms with Crippen molar-refractivity contribution >= 4 is 75.8 Å². The molecule has 0 radical (unpaired) electrons. The van der Waals surface area contributed by atoms with Gasteiger partial charge in [0.2, 0.25) is 0 Å². The van der Waals surface area contributed by atoms with E-state index in [-0.39, 0.29) is 16.8 Å². The van der Waals surface area contributed by atoms with Crippen LogP contribution in [0.1, 0.15) is 23.2 Å². The fraction of sp³-hybridized carbons (Fsp3) is 0.333. The molecular weight excluding hydrogens is 500 g/mol. The minimum absolute atomic E-state index is 0.0581. The van der Waals surface area contributed by atoms with Gasteiger partial charge in [0.15, 0.2) is 0 Å². The Labute approximate surface area is 204 Å². The zero-order valence-corrected chi connectivity index (χ0v) is 20.2. The Morgan fingerprint density at radius 2 is 1.52 bits per heavy atom. The average Bonchev–Trinajstić information content (AvgIpc) is 3.15. The van der Waals surface area contributed by atoms with Gasteiger partial charge in [-0.2, -0.15) is 0 Å². The Balaban J connectivity index is 1.42. The van der Waals surface area contributed by atoms with Crippen molar-refractivity contribution in [1.29, 1.82) is 0 Å². The quantitative estimate of drug-likeness (QED) is 0.492. The molecule has 0 aliphatic carbocycles. The lowest BCUT2D eigenvalue weighted by molar-refractivity contribution is 0.0585. The molecule has 2 aliphatic heterocycles. The van der Waals surface area contributed by atoms with Crippen molar-refractivity contribution in [2.45, 2.75) is 17.7 Å². The van der Waals surface area contributed by atoms with Gasteiger partial charge >= 0.3 is 6.03 Å². The lowest BCUT2D eigenvalue weighted by Gasteiger charge is -2.44. The van der Waals surface area contributed by atoms with Crippen molar-refractivity contribution in [3.8, 4) is 0 Å². The Morgan fingerprint density at radius 1 is 0.871 bits per heavy atom. The highest BCUT2D eigenvalue weighted by Crippen LogP contribution is 2.44. The second-order valence-corrected chi connectivity index (χ2v) is 10.5. The molecule has 31 heavy (non-hydrogen) atoms. The van der Waals surface area contributed by atoms with Gasteiger partial charge in [0.05, 0.1) is 25.0 Å². The number of benzene rings is 2. The number of urea groups is 1. The number of carbonyl (C=O) groups is 2. The van der Waals surface area contributed by atoms with E-state index in [9.17, 15) is 9.59 Å². The van der Waals surface area contributed by atoms with Gasteiger partial charge in [-0.15, -0.1) is 11.8 Å². The molecule has 164 valence electrons. The van der Waals surface area contributed by atoms with Crippen LogP contribution in [0, 0.1) is 0 Å². The highest BCUT2D eigenvalue weighted by Gasteiger charge is 2.47. The number of piperidine rings is 1. The Bertz CT molecular complexity index is 1030. The molecule has 3 amide bonds. The molecule has 0 bridgehead atoms. The van der Waals surface area contributed by atoms with Crippen LogP contribution < -0.4 is 5.32 Å². The second-order valence-electron chi connectivity index (χ2n) is 7.43. The number of nitrogens with one attached hydrogen (secondary N) is 1. The van der Waals surface area contributed by atoms with Gasteiger partial charge in [0.25, 0.3) is 5.91 Å². The first kappa shape index (κ1) is 22.9. The van der Waals surface area contributed by atoms with Crippen LogP contribution in [0.4, 0.5) is 10.5 Å². The summed E-state index contributed by atoms with van der Waals surface area (Å²) in [7, 11) is 0. The second kappa shape index (κ2) is 9.28. The molecule has 2 heterocycles. The van der Waals surface area contributed by atoms with Crippen LogP contribution in [0.15, 0.2) is 36.4 Å². The number of halogens is 4. The maximum absolute atomic E-state index is 13.2. The van der Waals surface area contributed by atoms with Crippen molar-refractivity contribution in [3.05, 3.63) is 62.1 Å². The maximum Gasteiger partial charge on any atom is 0.321 e. The highest BCUT2D eigenvalue weighted by atomic mass is 35.5. The number of amides is 3.